The van der Waals surface area contributed by atoms with E-state index in [4.69, 9.17) is 10.5 Å². The maximum Gasteiger partial charge on any atom is 0.344 e. The minimum atomic E-state index is -3.83. The van der Waals surface area contributed by atoms with Gasteiger partial charge in [0.25, 0.3) is 5.91 Å². The number of nitrogens with zero attached hydrogens (tertiary/aromatic N) is 3. The summed E-state index contributed by atoms with van der Waals surface area (Å²) in [6.45, 7) is 2.04. The lowest BCUT2D eigenvalue weighted by atomic mass is 9.99. The molecule has 33 heavy (non-hydrogen) atoms. The van der Waals surface area contributed by atoms with Gasteiger partial charge in [-0.3, -0.25) is 9.52 Å². The summed E-state index contributed by atoms with van der Waals surface area (Å²) in [5, 5.41) is 2.98. The summed E-state index contributed by atoms with van der Waals surface area (Å²) in [6, 6.07) is 10.9. The molecule has 3 aliphatic rings. The SMILES string of the molecule is NC1=NS(=O)(=O)Nc2cccc(OC[C@H]3CCCN(c4cccc(C(=O)NC5CC5)n4)C3)c21. The zero-order valence-electron chi connectivity index (χ0n) is 18.0. The Hall–Kier alpha value is -3.34. The number of rotatable bonds is 6. The normalized spacial score (nSPS) is 21.4. The molecule has 10 nitrogen and oxygen atoms in total. The fraction of sp³-hybridized carbons (Fsp3) is 0.409. The topological polar surface area (TPSA) is 139 Å². The van der Waals surface area contributed by atoms with Gasteiger partial charge in [0.05, 0.1) is 17.9 Å². The molecule has 174 valence electrons. The summed E-state index contributed by atoms with van der Waals surface area (Å²) in [5.41, 5.74) is 7.15. The van der Waals surface area contributed by atoms with Crippen molar-refractivity contribution < 1.29 is 17.9 Å². The van der Waals surface area contributed by atoms with Crippen molar-refractivity contribution in [3.05, 3.63) is 47.7 Å². The molecule has 3 heterocycles. The van der Waals surface area contributed by atoms with Gasteiger partial charge in [-0.25, -0.2) is 4.98 Å². The van der Waals surface area contributed by atoms with Crippen molar-refractivity contribution in [2.24, 2.45) is 16.0 Å². The van der Waals surface area contributed by atoms with Crippen molar-refractivity contribution >= 4 is 33.5 Å². The number of carbonyl (C=O) groups excluding carboxylic acids is 1. The molecule has 5 rings (SSSR count). The van der Waals surface area contributed by atoms with Gasteiger partial charge in [0, 0.05) is 25.0 Å². The summed E-state index contributed by atoms with van der Waals surface area (Å²) in [7, 11) is -3.83. The van der Waals surface area contributed by atoms with Crippen LogP contribution in [0.4, 0.5) is 11.5 Å². The van der Waals surface area contributed by atoms with Crippen LogP contribution in [0.3, 0.4) is 0 Å². The Morgan fingerprint density at radius 3 is 2.85 bits per heavy atom. The second-order valence-electron chi connectivity index (χ2n) is 8.63. The van der Waals surface area contributed by atoms with E-state index in [0.717, 1.165) is 44.6 Å². The van der Waals surface area contributed by atoms with Gasteiger partial charge in [-0.1, -0.05) is 12.1 Å². The molecular weight excluding hydrogens is 444 g/mol. The van der Waals surface area contributed by atoms with Gasteiger partial charge in [0.2, 0.25) is 0 Å². The Kier molecular flexibility index (Phi) is 5.57. The Bertz CT molecular complexity index is 1210. The van der Waals surface area contributed by atoms with Crippen molar-refractivity contribution in [1.82, 2.24) is 10.3 Å². The van der Waals surface area contributed by atoms with E-state index in [1.165, 1.54) is 0 Å². The molecule has 2 aliphatic heterocycles. The molecule has 2 aromatic rings. The quantitative estimate of drug-likeness (QED) is 0.583. The van der Waals surface area contributed by atoms with Crippen LogP contribution in [0.15, 0.2) is 40.8 Å². The maximum absolute atomic E-state index is 12.4. The van der Waals surface area contributed by atoms with Gasteiger partial charge in [-0.05, 0) is 49.9 Å². The predicted octanol–water partition coefficient (Wildman–Crippen LogP) is 1.64. The third-order valence-electron chi connectivity index (χ3n) is 5.94. The molecule has 1 saturated carbocycles. The van der Waals surface area contributed by atoms with E-state index in [2.05, 4.69) is 24.3 Å². The largest absolute Gasteiger partial charge is 0.492 e. The summed E-state index contributed by atoms with van der Waals surface area (Å²) in [5.74, 6) is 1.30. The number of benzene rings is 1. The first-order valence-electron chi connectivity index (χ1n) is 11.1. The Balaban J connectivity index is 1.25. The molecule has 1 saturated heterocycles. The van der Waals surface area contributed by atoms with Gasteiger partial charge < -0.3 is 20.7 Å². The molecule has 0 bridgehead atoms. The molecule has 0 spiro atoms. The van der Waals surface area contributed by atoms with Gasteiger partial charge in [0.1, 0.15) is 17.3 Å². The second-order valence-corrected chi connectivity index (χ2v) is 9.96. The number of aromatic nitrogens is 1. The monoisotopic (exact) mass is 470 g/mol. The number of nitrogens with two attached hydrogens (primary N) is 1. The number of anilines is 2. The molecule has 1 aromatic carbocycles. The Morgan fingerprint density at radius 1 is 1.21 bits per heavy atom. The highest BCUT2D eigenvalue weighted by molar-refractivity contribution is 7.91. The summed E-state index contributed by atoms with van der Waals surface area (Å²) in [4.78, 5) is 19.1. The Labute approximate surface area is 192 Å². The smallest absolute Gasteiger partial charge is 0.344 e. The molecule has 4 N–H and O–H groups in total. The molecule has 1 aromatic heterocycles. The fourth-order valence-electron chi connectivity index (χ4n) is 4.17. The van der Waals surface area contributed by atoms with Crippen LogP contribution in [-0.2, 0) is 10.2 Å². The third-order valence-corrected chi connectivity index (χ3v) is 6.85. The molecule has 11 heteroatoms. The first-order valence-corrected chi connectivity index (χ1v) is 12.5. The van der Waals surface area contributed by atoms with E-state index in [1.54, 1.807) is 24.3 Å². The van der Waals surface area contributed by atoms with Crippen LogP contribution in [-0.4, -0.2) is 50.9 Å². The van der Waals surface area contributed by atoms with E-state index in [1.807, 2.05) is 12.1 Å². The number of amidine groups is 1. The lowest BCUT2D eigenvalue weighted by Gasteiger charge is -2.33. The Morgan fingerprint density at radius 2 is 2.03 bits per heavy atom. The van der Waals surface area contributed by atoms with E-state index >= 15 is 0 Å². The van der Waals surface area contributed by atoms with Crippen LogP contribution in [0.2, 0.25) is 0 Å². The van der Waals surface area contributed by atoms with Crippen LogP contribution in [0.1, 0.15) is 41.7 Å². The van der Waals surface area contributed by atoms with Crippen LogP contribution in [0, 0.1) is 5.92 Å². The number of hydrogen-bond donors (Lipinski definition) is 3. The highest BCUT2D eigenvalue weighted by Crippen LogP contribution is 2.31. The van der Waals surface area contributed by atoms with E-state index in [-0.39, 0.29) is 23.7 Å². The molecule has 0 radical (unpaired) electrons. The van der Waals surface area contributed by atoms with Crippen LogP contribution in [0.5, 0.6) is 5.75 Å². The van der Waals surface area contributed by atoms with Crippen molar-refractivity contribution in [2.75, 3.05) is 29.3 Å². The molecule has 1 aliphatic carbocycles. The van der Waals surface area contributed by atoms with Crippen LogP contribution in [0.25, 0.3) is 0 Å². The minimum Gasteiger partial charge on any atom is -0.492 e. The van der Waals surface area contributed by atoms with Gasteiger partial charge in [-0.15, -0.1) is 4.40 Å². The summed E-state index contributed by atoms with van der Waals surface area (Å²) in [6.07, 6.45) is 4.04. The average molecular weight is 471 g/mol. The lowest BCUT2D eigenvalue weighted by molar-refractivity contribution is 0.0946. The van der Waals surface area contributed by atoms with E-state index < -0.39 is 10.2 Å². The van der Waals surface area contributed by atoms with Crippen molar-refractivity contribution in [3.63, 3.8) is 0 Å². The van der Waals surface area contributed by atoms with Gasteiger partial charge in [-0.2, -0.15) is 8.42 Å². The first-order chi connectivity index (χ1) is 15.9. The number of fused-ring (bicyclic) bond motifs is 1. The zero-order chi connectivity index (χ0) is 23.0. The third kappa shape index (κ3) is 4.87. The van der Waals surface area contributed by atoms with E-state index in [0.29, 0.717) is 29.3 Å². The summed E-state index contributed by atoms with van der Waals surface area (Å²) < 4.78 is 35.5. The standard InChI is InChI=1S/C22H26N6O4S/c23-21-20-16(26-33(30,31)27-21)5-1-7-18(20)32-13-14-4-3-11-28(12-14)19-8-2-6-17(25-19)22(29)24-15-9-10-15/h1-2,5-8,14-15,26H,3-4,9-13H2,(H2,23,27)(H,24,29)/t14-/m0/s1. The van der Waals surface area contributed by atoms with E-state index in [9.17, 15) is 13.2 Å². The number of nitrogens with one attached hydrogen (secondary N) is 2. The second kappa shape index (κ2) is 8.54. The maximum atomic E-state index is 12.4. The van der Waals surface area contributed by atoms with Gasteiger partial charge in [0.15, 0.2) is 5.84 Å². The number of piperidine rings is 1. The van der Waals surface area contributed by atoms with Crippen molar-refractivity contribution in [2.45, 2.75) is 31.7 Å². The molecule has 0 unspecified atom stereocenters. The van der Waals surface area contributed by atoms with Crippen molar-refractivity contribution in [1.29, 1.82) is 0 Å². The highest BCUT2D eigenvalue weighted by Gasteiger charge is 2.27. The van der Waals surface area contributed by atoms with Crippen molar-refractivity contribution in [3.8, 4) is 5.75 Å². The number of carbonyl (C=O) groups is 1. The zero-order valence-corrected chi connectivity index (χ0v) is 18.8. The average Bonchev–Trinajstić information content (AvgIpc) is 3.61. The number of pyridine rings is 1. The molecule has 1 amide bonds. The van der Waals surface area contributed by atoms with Crippen LogP contribution < -0.4 is 25.4 Å². The van der Waals surface area contributed by atoms with Crippen LogP contribution >= 0.6 is 0 Å². The summed E-state index contributed by atoms with van der Waals surface area (Å²) >= 11 is 0. The number of amides is 1. The molecule has 1 atom stereocenters. The number of hydrogen-bond acceptors (Lipinski definition) is 7. The minimum absolute atomic E-state index is 0.0879. The first kappa shape index (κ1) is 21.5. The highest BCUT2D eigenvalue weighted by atomic mass is 32.2. The molecular formula is C22H26N6O4S. The predicted molar refractivity (Wildman–Crippen MR) is 125 cm³/mol. The lowest BCUT2D eigenvalue weighted by Crippen LogP contribution is -2.38. The van der Waals surface area contributed by atoms with Gasteiger partial charge >= 0.3 is 10.2 Å². The molecule has 2 fully saturated rings. The fourth-order valence-corrected chi connectivity index (χ4v) is 5.01. The number of ether oxygens (including phenoxy) is 1.